The number of H-pyrrole nitrogens is 1. The molecule has 28 heavy (non-hydrogen) atoms. The maximum Gasteiger partial charge on any atom is 0.245 e. The maximum atomic E-state index is 12.9. The predicted molar refractivity (Wildman–Crippen MR) is 100 cm³/mol. The second kappa shape index (κ2) is 7.38. The van der Waals surface area contributed by atoms with Crippen LogP contribution in [0.25, 0.3) is 10.9 Å². The Morgan fingerprint density at radius 3 is 2.86 bits per heavy atom. The standard InChI is InChI=1S/C18H17N5O4S/c1-11-3-4-14(7-15(11)24)21-17(25)10-23(2)28(26,27)16-6-12(8-19)5-13-9-20-22-18(13)16/h3-7,9,11H,10H2,1-2H3,(H,20,22)(H,21,25). The normalized spacial score (nSPS) is 16.9. The summed E-state index contributed by atoms with van der Waals surface area (Å²) >= 11 is 0. The van der Waals surface area contributed by atoms with Gasteiger partial charge in [0.2, 0.25) is 15.9 Å². The number of benzene rings is 1. The van der Waals surface area contributed by atoms with Gasteiger partial charge in [-0.3, -0.25) is 14.7 Å². The molecule has 0 saturated heterocycles. The van der Waals surface area contributed by atoms with Crippen molar-refractivity contribution in [1.82, 2.24) is 19.8 Å². The third kappa shape index (κ3) is 3.71. The van der Waals surface area contributed by atoms with Crippen LogP contribution in [-0.2, 0) is 19.6 Å². The molecule has 1 aliphatic rings. The molecule has 3 rings (SSSR count). The van der Waals surface area contributed by atoms with Gasteiger partial charge in [-0.2, -0.15) is 14.7 Å². The molecule has 144 valence electrons. The van der Waals surface area contributed by atoms with Crippen molar-refractivity contribution >= 4 is 32.6 Å². The molecule has 10 heteroatoms. The minimum atomic E-state index is -4.08. The van der Waals surface area contributed by atoms with Crippen molar-refractivity contribution in [2.75, 3.05) is 13.6 Å². The molecular formula is C18H17N5O4S. The fraction of sp³-hybridized carbons (Fsp3) is 0.222. The Kier molecular flexibility index (Phi) is 5.13. The second-order valence-electron chi connectivity index (χ2n) is 6.38. The highest BCUT2D eigenvalue weighted by Crippen LogP contribution is 2.25. The van der Waals surface area contributed by atoms with Crippen LogP contribution in [0.4, 0.5) is 0 Å². The lowest BCUT2D eigenvalue weighted by Crippen LogP contribution is -2.38. The van der Waals surface area contributed by atoms with Crippen LogP contribution < -0.4 is 5.32 Å². The molecule has 2 N–H and O–H groups in total. The highest BCUT2D eigenvalue weighted by molar-refractivity contribution is 7.89. The summed E-state index contributed by atoms with van der Waals surface area (Å²) in [7, 11) is -2.82. The van der Waals surface area contributed by atoms with Crippen LogP contribution in [0, 0.1) is 17.2 Å². The number of nitriles is 1. The van der Waals surface area contributed by atoms with E-state index in [2.05, 4.69) is 15.5 Å². The van der Waals surface area contributed by atoms with E-state index in [4.69, 9.17) is 5.26 Å². The molecule has 1 amide bonds. The molecule has 1 atom stereocenters. The number of carbonyl (C=O) groups excluding carboxylic acids is 2. The zero-order valence-electron chi connectivity index (χ0n) is 15.1. The number of nitrogens with zero attached hydrogens (tertiary/aromatic N) is 3. The number of nitrogens with one attached hydrogen (secondary N) is 2. The number of carbonyl (C=O) groups is 2. The van der Waals surface area contributed by atoms with Crippen LogP contribution in [0.2, 0.25) is 0 Å². The highest BCUT2D eigenvalue weighted by Gasteiger charge is 2.27. The molecule has 1 unspecified atom stereocenters. The number of hydrogen-bond donors (Lipinski definition) is 2. The summed E-state index contributed by atoms with van der Waals surface area (Å²) < 4.78 is 26.8. The summed E-state index contributed by atoms with van der Waals surface area (Å²) in [6.45, 7) is 1.27. The number of likely N-dealkylation sites (N-methyl/N-ethyl adjacent to an activating group) is 1. The summed E-state index contributed by atoms with van der Waals surface area (Å²) in [5, 5.41) is 18.6. The lowest BCUT2D eigenvalue weighted by Gasteiger charge is -2.18. The monoisotopic (exact) mass is 399 g/mol. The number of aromatic nitrogens is 2. The molecule has 1 aromatic carbocycles. The fourth-order valence-electron chi connectivity index (χ4n) is 2.70. The molecule has 0 bridgehead atoms. The number of hydrogen-bond acceptors (Lipinski definition) is 6. The fourth-order valence-corrected chi connectivity index (χ4v) is 4.02. The number of sulfonamides is 1. The Balaban J connectivity index is 1.82. The van der Waals surface area contributed by atoms with E-state index in [1.54, 1.807) is 19.1 Å². The summed E-state index contributed by atoms with van der Waals surface area (Å²) in [5.41, 5.74) is 0.723. The third-order valence-corrected chi connectivity index (χ3v) is 6.12. The molecule has 0 fully saturated rings. The zero-order valence-corrected chi connectivity index (χ0v) is 15.9. The summed E-state index contributed by atoms with van der Waals surface area (Å²) in [6, 6.07) is 4.66. The quantitative estimate of drug-likeness (QED) is 0.764. The molecule has 0 radical (unpaired) electrons. The van der Waals surface area contributed by atoms with Crippen molar-refractivity contribution in [3.8, 4) is 6.07 Å². The van der Waals surface area contributed by atoms with Crippen molar-refractivity contribution in [2.45, 2.75) is 11.8 Å². The van der Waals surface area contributed by atoms with Gasteiger partial charge in [0.05, 0.1) is 29.9 Å². The van der Waals surface area contributed by atoms with Gasteiger partial charge in [-0.05, 0) is 18.2 Å². The van der Waals surface area contributed by atoms with E-state index in [0.717, 1.165) is 4.31 Å². The van der Waals surface area contributed by atoms with E-state index in [9.17, 15) is 18.0 Å². The average Bonchev–Trinajstić information content (AvgIpc) is 3.12. The van der Waals surface area contributed by atoms with E-state index in [1.165, 1.54) is 31.5 Å². The maximum absolute atomic E-state index is 12.9. The number of aromatic amines is 1. The van der Waals surface area contributed by atoms with E-state index >= 15 is 0 Å². The summed E-state index contributed by atoms with van der Waals surface area (Å²) in [4.78, 5) is 23.8. The number of fused-ring (bicyclic) bond motifs is 1. The number of allylic oxidation sites excluding steroid dienone is 3. The molecule has 0 aliphatic heterocycles. The summed E-state index contributed by atoms with van der Waals surface area (Å²) in [5.74, 6) is -0.997. The van der Waals surface area contributed by atoms with Gasteiger partial charge in [-0.15, -0.1) is 0 Å². The van der Waals surface area contributed by atoms with Gasteiger partial charge in [0.25, 0.3) is 0 Å². The van der Waals surface area contributed by atoms with Crippen molar-refractivity contribution in [3.05, 3.63) is 47.8 Å². The third-order valence-electron chi connectivity index (χ3n) is 4.29. The van der Waals surface area contributed by atoms with E-state index in [-0.39, 0.29) is 27.7 Å². The first kappa shape index (κ1) is 19.5. The van der Waals surface area contributed by atoms with Gasteiger partial charge in [-0.1, -0.05) is 13.0 Å². The average molecular weight is 399 g/mol. The largest absolute Gasteiger partial charge is 0.325 e. The number of ketones is 1. The van der Waals surface area contributed by atoms with Crippen LogP contribution in [0.5, 0.6) is 0 Å². The first-order chi connectivity index (χ1) is 13.2. The number of amides is 1. The minimum absolute atomic E-state index is 0.143. The van der Waals surface area contributed by atoms with Gasteiger partial charge in [0.15, 0.2) is 5.78 Å². The van der Waals surface area contributed by atoms with E-state index in [0.29, 0.717) is 11.1 Å². The Morgan fingerprint density at radius 1 is 1.43 bits per heavy atom. The molecule has 1 aromatic heterocycles. The molecule has 9 nitrogen and oxygen atoms in total. The van der Waals surface area contributed by atoms with E-state index in [1.807, 2.05) is 6.07 Å². The van der Waals surface area contributed by atoms with Crippen LogP contribution in [0.15, 0.2) is 47.2 Å². The Morgan fingerprint density at radius 2 is 2.18 bits per heavy atom. The first-order valence-corrected chi connectivity index (χ1v) is 9.73. The Hall–Kier alpha value is -3.29. The van der Waals surface area contributed by atoms with Gasteiger partial charge >= 0.3 is 0 Å². The number of rotatable bonds is 5. The predicted octanol–water partition coefficient (Wildman–Crippen LogP) is 0.830. The molecule has 1 heterocycles. The van der Waals surface area contributed by atoms with Gasteiger partial charge < -0.3 is 5.32 Å². The van der Waals surface area contributed by atoms with Gasteiger partial charge in [0, 0.05) is 30.1 Å². The van der Waals surface area contributed by atoms with Crippen LogP contribution >= 0.6 is 0 Å². The second-order valence-corrected chi connectivity index (χ2v) is 8.39. The van der Waals surface area contributed by atoms with Crippen molar-refractivity contribution < 1.29 is 18.0 Å². The zero-order chi connectivity index (χ0) is 20.5. The Labute approximate surface area is 161 Å². The van der Waals surface area contributed by atoms with Gasteiger partial charge in [0.1, 0.15) is 4.90 Å². The molecule has 0 saturated carbocycles. The smallest absolute Gasteiger partial charge is 0.245 e. The van der Waals surface area contributed by atoms with Crippen LogP contribution in [-0.4, -0.2) is 48.2 Å². The SMILES string of the molecule is CC1C=CC(NC(=O)CN(C)S(=O)(=O)c2cc(C#N)cc3cn[nH]c23)=CC1=O. The highest BCUT2D eigenvalue weighted by atomic mass is 32.2. The lowest BCUT2D eigenvalue weighted by molar-refractivity contribution is -0.120. The molecular weight excluding hydrogens is 382 g/mol. The van der Waals surface area contributed by atoms with Crippen molar-refractivity contribution in [2.24, 2.45) is 5.92 Å². The first-order valence-electron chi connectivity index (χ1n) is 8.29. The van der Waals surface area contributed by atoms with Crippen molar-refractivity contribution in [1.29, 1.82) is 5.26 Å². The van der Waals surface area contributed by atoms with Gasteiger partial charge in [-0.25, -0.2) is 8.42 Å². The van der Waals surface area contributed by atoms with E-state index < -0.39 is 22.5 Å². The minimum Gasteiger partial charge on any atom is -0.325 e. The van der Waals surface area contributed by atoms with Crippen LogP contribution in [0.1, 0.15) is 12.5 Å². The summed E-state index contributed by atoms with van der Waals surface area (Å²) in [6.07, 6.45) is 5.98. The van der Waals surface area contributed by atoms with Crippen LogP contribution in [0.3, 0.4) is 0 Å². The lowest BCUT2D eigenvalue weighted by atomic mass is 10.0. The molecule has 1 aliphatic carbocycles. The topological polar surface area (TPSA) is 136 Å². The molecule has 0 spiro atoms. The van der Waals surface area contributed by atoms with Crippen molar-refractivity contribution in [3.63, 3.8) is 0 Å². The Bertz CT molecular complexity index is 1170. The molecule has 2 aromatic rings.